The summed E-state index contributed by atoms with van der Waals surface area (Å²) < 4.78 is 98.3. The van der Waals surface area contributed by atoms with E-state index in [1.807, 2.05) is 0 Å². The van der Waals surface area contributed by atoms with Crippen LogP contribution in [0.3, 0.4) is 0 Å². The molecule has 0 aliphatic carbocycles. The number of piperidine rings is 1. The predicted octanol–water partition coefficient (Wildman–Crippen LogP) is 3.60. The number of rotatable bonds is 5. The number of ketones is 1. The van der Waals surface area contributed by atoms with E-state index in [0.29, 0.717) is 5.82 Å². The molecule has 1 fully saturated rings. The lowest BCUT2D eigenvalue weighted by molar-refractivity contribution is -0.126. The Hall–Kier alpha value is -4.78. The lowest BCUT2D eigenvalue weighted by Gasteiger charge is -2.28. The molecule has 5 rings (SSSR count). The minimum absolute atomic E-state index is 0.0244. The first-order valence-corrected chi connectivity index (χ1v) is 10.3. The van der Waals surface area contributed by atoms with Crippen LogP contribution in [0.15, 0.2) is 54.6 Å². The van der Waals surface area contributed by atoms with Gasteiger partial charge in [-0.3, -0.25) is 9.59 Å². The first-order valence-electron chi connectivity index (χ1n) is 15.8. The fraction of sp³-hybridized carbons (Fsp3) is 0.231. The summed E-state index contributed by atoms with van der Waals surface area (Å²) in [5.74, 6) is -3.90. The van der Waals surface area contributed by atoms with Gasteiger partial charge in [0.1, 0.15) is 17.9 Å². The molecule has 1 saturated heterocycles. The van der Waals surface area contributed by atoms with Crippen LogP contribution in [0.2, 0.25) is 0 Å². The number of hydrogen-bond acceptors (Lipinski definition) is 6. The van der Waals surface area contributed by atoms with Crippen molar-refractivity contribution in [2.75, 3.05) is 20.0 Å². The number of methoxy groups -OCH3 is 1. The monoisotopic (exact) mass is 492 g/mol. The van der Waals surface area contributed by atoms with Gasteiger partial charge in [-0.05, 0) is 25.2 Å². The lowest BCUT2D eigenvalue weighted by Crippen LogP contribution is -2.40. The molecule has 4 heterocycles. The van der Waals surface area contributed by atoms with E-state index in [9.17, 15) is 9.59 Å². The van der Waals surface area contributed by atoms with Gasteiger partial charge < -0.3 is 14.6 Å². The van der Waals surface area contributed by atoms with E-state index in [4.69, 9.17) is 26.4 Å². The molecule has 4 aromatic rings. The number of aryl methyl sites for hydroxylation is 1. The molecule has 1 aliphatic heterocycles. The SMILES string of the molecule is [2H]C([2H])([2H])Oc1cnc(-n2cnc(C)n2)c2[nH]cc(C(=O)C(=O)N3C([2H])([2H])C([2H])([2H])C(=C([N+]#[C-])c4ccccc4)C([2H])([2H])C3([2H])[2H])c12. The van der Waals surface area contributed by atoms with Gasteiger partial charge in [0.2, 0.25) is 0 Å². The molecule has 1 N–H and O–H groups in total. The zero-order chi connectivity index (χ0) is 34.9. The van der Waals surface area contributed by atoms with Gasteiger partial charge in [0.25, 0.3) is 11.7 Å². The van der Waals surface area contributed by atoms with Gasteiger partial charge in [-0.25, -0.2) is 19.5 Å². The molecule has 0 atom stereocenters. The van der Waals surface area contributed by atoms with Crippen molar-refractivity contribution in [2.45, 2.75) is 19.7 Å². The third-order valence-corrected chi connectivity index (χ3v) is 5.21. The summed E-state index contributed by atoms with van der Waals surface area (Å²) >= 11 is 0. The molecule has 36 heavy (non-hydrogen) atoms. The average Bonchev–Trinajstić information content (AvgIpc) is 3.61. The fourth-order valence-corrected chi connectivity index (χ4v) is 3.56. The summed E-state index contributed by atoms with van der Waals surface area (Å²) in [4.78, 5) is 41.3. The maximum atomic E-state index is 13.9. The molecule has 10 nitrogen and oxygen atoms in total. The average molecular weight is 493 g/mol. The Morgan fingerprint density at radius 2 is 2.00 bits per heavy atom. The lowest BCUT2D eigenvalue weighted by atomic mass is 9.97. The Morgan fingerprint density at radius 3 is 2.67 bits per heavy atom. The highest BCUT2D eigenvalue weighted by Crippen LogP contribution is 2.33. The number of likely N-dealkylation sites (tertiary alicyclic amines) is 1. The largest absolute Gasteiger partial charge is 0.494 e. The summed E-state index contributed by atoms with van der Waals surface area (Å²) in [5, 5.41) is 3.78. The number of H-pyrrole nitrogens is 1. The normalized spacial score (nSPS) is 23.9. The van der Waals surface area contributed by atoms with Gasteiger partial charge in [0.15, 0.2) is 11.5 Å². The number of amides is 1. The summed E-state index contributed by atoms with van der Waals surface area (Å²) in [6.45, 7) is 1.72. The molecule has 1 amide bonds. The van der Waals surface area contributed by atoms with Crippen molar-refractivity contribution in [1.82, 2.24) is 29.6 Å². The molecule has 1 aliphatic rings. The second-order valence-electron chi connectivity index (χ2n) is 7.38. The smallest absolute Gasteiger partial charge is 0.295 e. The first-order chi connectivity index (χ1) is 21.7. The number of benzene rings is 1. The Balaban J connectivity index is 1.70. The molecule has 180 valence electrons. The Kier molecular flexibility index (Phi) is 3.51. The number of ether oxygens (including phenoxy) is 1. The summed E-state index contributed by atoms with van der Waals surface area (Å²) in [6.07, 6.45) is -4.01. The molecular formula is C26H23N7O3. The van der Waals surface area contributed by atoms with Crippen molar-refractivity contribution in [3.63, 3.8) is 0 Å². The number of pyridine rings is 1. The fourth-order valence-electron chi connectivity index (χ4n) is 3.56. The van der Waals surface area contributed by atoms with E-state index in [1.165, 1.54) is 35.3 Å². The number of aromatic amines is 1. The van der Waals surface area contributed by atoms with E-state index < -0.39 is 72.0 Å². The highest BCUT2D eigenvalue weighted by Gasteiger charge is 2.30. The molecule has 10 heteroatoms. The van der Waals surface area contributed by atoms with Gasteiger partial charge in [0.05, 0.1) is 40.4 Å². The number of aromatic nitrogens is 5. The predicted molar refractivity (Wildman–Crippen MR) is 132 cm³/mol. The number of fused-ring (bicyclic) bond motifs is 1. The number of hydrogen-bond donors (Lipinski definition) is 1. The van der Waals surface area contributed by atoms with Crippen LogP contribution in [-0.2, 0) is 4.79 Å². The van der Waals surface area contributed by atoms with Crippen molar-refractivity contribution in [1.29, 1.82) is 0 Å². The van der Waals surface area contributed by atoms with E-state index in [1.54, 1.807) is 13.0 Å². The van der Waals surface area contributed by atoms with Crippen LogP contribution in [0.4, 0.5) is 0 Å². The second-order valence-corrected chi connectivity index (χ2v) is 7.38. The van der Waals surface area contributed by atoms with Gasteiger partial charge in [-0.15, -0.1) is 0 Å². The Bertz CT molecular complexity index is 1960. The number of nitrogens with zero attached hydrogens (tertiary/aromatic N) is 6. The zero-order valence-electron chi connectivity index (χ0n) is 29.5. The van der Waals surface area contributed by atoms with Crippen molar-refractivity contribution in [3.05, 3.63) is 83.0 Å². The number of nitrogens with one attached hydrogen (secondary N) is 1. The number of carbonyl (C=O) groups is 2. The Labute approximate surface area is 222 Å². The minimum atomic E-state index is -3.76. The summed E-state index contributed by atoms with van der Waals surface area (Å²) in [5.41, 5.74) is -2.67. The molecular weight excluding hydrogens is 458 g/mol. The second kappa shape index (κ2) is 9.46. The number of Topliss-reactive ketones (excluding diaryl/α,β-unsaturated/α-hetero) is 1. The van der Waals surface area contributed by atoms with Crippen molar-refractivity contribution < 1.29 is 29.4 Å². The van der Waals surface area contributed by atoms with E-state index in [-0.39, 0.29) is 22.3 Å². The van der Waals surface area contributed by atoms with E-state index >= 15 is 0 Å². The summed E-state index contributed by atoms with van der Waals surface area (Å²) in [6, 6.07) is 7.15. The Morgan fingerprint density at radius 1 is 1.22 bits per heavy atom. The third-order valence-electron chi connectivity index (χ3n) is 5.21. The van der Waals surface area contributed by atoms with Crippen molar-refractivity contribution in [2.24, 2.45) is 0 Å². The molecule has 3 aromatic heterocycles. The minimum Gasteiger partial charge on any atom is -0.494 e. The third kappa shape index (κ3) is 4.01. The molecule has 0 unspecified atom stereocenters. The maximum Gasteiger partial charge on any atom is 0.295 e. The van der Waals surface area contributed by atoms with Crippen LogP contribution in [0, 0.1) is 13.5 Å². The van der Waals surface area contributed by atoms with Crippen molar-refractivity contribution >= 4 is 28.3 Å². The summed E-state index contributed by atoms with van der Waals surface area (Å²) in [7, 11) is -3.07. The van der Waals surface area contributed by atoms with Crippen LogP contribution in [0.25, 0.3) is 27.3 Å². The molecule has 1 aromatic carbocycles. The highest BCUT2D eigenvalue weighted by atomic mass is 16.5. The van der Waals surface area contributed by atoms with Crippen LogP contribution in [0.5, 0.6) is 5.75 Å². The van der Waals surface area contributed by atoms with Crippen LogP contribution < -0.4 is 4.74 Å². The van der Waals surface area contributed by atoms with Crippen LogP contribution in [0.1, 0.15) is 49.6 Å². The van der Waals surface area contributed by atoms with Gasteiger partial charge >= 0.3 is 0 Å². The highest BCUT2D eigenvalue weighted by molar-refractivity contribution is 6.45. The van der Waals surface area contributed by atoms with Crippen molar-refractivity contribution in [3.8, 4) is 11.6 Å². The van der Waals surface area contributed by atoms with Gasteiger partial charge in [-0.2, -0.15) is 5.10 Å². The number of carbonyl (C=O) groups excluding carboxylic acids is 2. The maximum absolute atomic E-state index is 13.9. The van der Waals surface area contributed by atoms with Gasteiger partial charge in [-0.1, -0.05) is 35.9 Å². The van der Waals surface area contributed by atoms with E-state index in [2.05, 4.69) is 24.9 Å². The quantitative estimate of drug-likeness (QED) is 0.259. The molecule has 0 bridgehead atoms. The molecule has 0 radical (unpaired) electrons. The van der Waals surface area contributed by atoms with Crippen LogP contribution in [-0.4, -0.2) is 61.4 Å². The zero-order valence-corrected chi connectivity index (χ0v) is 18.5. The van der Waals surface area contributed by atoms with Gasteiger partial charge in [0, 0.05) is 30.2 Å². The van der Waals surface area contributed by atoms with Crippen LogP contribution >= 0.6 is 0 Å². The topological polar surface area (TPSA) is 110 Å². The first kappa shape index (κ1) is 13.3. The standard InChI is InChI=1S/C26H23N7O3/c1-16-30-15-33(31-16)25-23-21(20(36-3)14-29-25)19(13-28-23)24(34)26(35)32-11-9-18(10-12-32)22(27-2)17-7-5-4-6-8-17/h4-8,13-15,28H,9-12H2,1,3H3/i3D3,9D2,10D2,11D2,12D2. The molecule has 0 saturated carbocycles. The molecule has 0 spiro atoms. The van der Waals surface area contributed by atoms with E-state index in [0.717, 1.165) is 12.4 Å².